The fourth-order valence-electron chi connectivity index (χ4n) is 4.01. The maximum absolute atomic E-state index is 3.62. The van der Waals surface area contributed by atoms with E-state index in [0.29, 0.717) is 11.5 Å². The molecule has 0 aromatic carbocycles. The molecule has 0 spiro atoms. The summed E-state index contributed by atoms with van der Waals surface area (Å²) >= 11 is 0. The molecule has 0 amide bonds. The number of likely N-dealkylation sites (tertiary alicyclic amines) is 1. The van der Waals surface area contributed by atoms with E-state index in [1.165, 1.54) is 51.6 Å². The Bertz CT molecular complexity index is 270. The molecule has 2 fully saturated rings. The van der Waals surface area contributed by atoms with Crippen molar-refractivity contribution in [1.82, 2.24) is 10.2 Å². The first-order valence-corrected chi connectivity index (χ1v) is 8.45. The van der Waals surface area contributed by atoms with E-state index in [-0.39, 0.29) is 0 Å². The molecule has 2 atom stereocenters. The van der Waals surface area contributed by atoms with Gasteiger partial charge in [-0.1, -0.05) is 40.5 Å². The van der Waals surface area contributed by atoms with Crippen molar-refractivity contribution in [3.63, 3.8) is 0 Å². The van der Waals surface area contributed by atoms with Crippen LogP contribution in [0.4, 0.5) is 0 Å². The van der Waals surface area contributed by atoms with Crippen LogP contribution in [0.15, 0.2) is 0 Å². The van der Waals surface area contributed by atoms with E-state index < -0.39 is 0 Å². The minimum atomic E-state index is 0.392. The zero-order valence-corrected chi connectivity index (χ0v) is 13.5. The predicted octanol–water partition coefficient (Wildman–Crippen LogP) is 3.67. The smallest absolute Gasteiger partial charge is 0.0124 e. The van der Waals surface area contributed by atoms with Gasteiger partial charge in [0.1, 0.15) is 0 Å². The van der Waals surface area contributed by atoms with Gasteiger partial charge in [0.25, 0.3) is 0 Å². The van der Waals surface area contributed by atoms with Crippen molar-refractivity contribution >= 4 is 0 Å². The van der Waals surface area contributed by atoms with Crippen molar-refractivity contribution in [1.29, 1.82) is 0 Å². The van der Waals surface area contributed by atoms with Crippen LogP contribution in [0.1, 0.15) is 66.2 Å². The van der Waals surface area contributed by atoms with Gasteiger partial charge in [0.15, 0.2) is 0 Å². The number of nitrogens with one attached hydrogen (secondary N) is 1. The Morgan fingerprint density at radius 3 is 2.53 bits per heavy atom. The van der Waals surface area contributed by atoms with E-state index >= 15 is 0 Å². The van der Waals surface area contributed by atoms with E-state index in [4.69, 9.17) is 0 Å². The van der Waals surface area contributed by atoms with Crippen molar-refractivity contribution in [2.45, 2.75) is 78.3 Å². The molecule has 1 saturated carbocycles. The molecule has 2 unspecified atom stereocenters. The zero-order chi connectivity index (χ0) is 13.9. The second-order valence-electron chi connectivity index (χ2n) is 7.92. The van der Waals surface area contributed by atoms with Gasteiger partial charge in [-0.05, 0) is 43.6 Å². The zero-order valence-electron chi connectivity index (χ0n) is 13.5. The second-order valence-corrected chi connectivity index (χ2v) is 7.92. The van der Waals surface area contributed by atoms with Gasteiger partial charge < -0.3 is 5.32 Å². The molecule has 0 radical (unpaired) electrons. The highest BCUT2D eigenvalue weighted by molar-refractivity contribution is 4.90. The lowest BCUT2D eigenvalue weighted by Crippen LogP contribution is -2.51. The van der Waals surface area contributed by atoms with Gasteiger partial charge in [0, 0.05) is 25.2 Å². The van der Waals surface area contributed by atoms with Crippen molar-refractivity contribution in [2.75, 3.05) is 19.6 Å². The van der Waals surface area contributed by atoms with Crippen LogP contribution >= 0.6 is 0 Å². The van der Waals surface area contributed by atoms with Crippen LogP contribution in [0.3, 0.4) is 0 Å². The average Bonchev–Trinajstić information content (AvgIpc) is 2.37. The Morgan fingerprint density at radius 2 is 1.79 bits per heavy atom. The van der Waals surface area contributed by atoms with E-state index in [9.17, 15) is 0 Å². The van der Waals surface area contributed by atoms with Crippen molar-refractivity contribution in [3.05, 3.63) is 0 Å². The highest BCUT2D eigenvalue weighted by Gasteiger charge is 2.35. The maximum atomic E-state index is 3.62. The van der Waals surface area contributed by atoms with Crippen LogP contribution in [0.25, 0.3) is 0 Å². The van der Waals surface area contributed by atoms with Crippen LogP contribution < -0.4 is 5.32 Å². The van der Waals surface area contributed by atoms with Gasteiger partial charge in [-0.25, -0.2) is 0 Å². The van der Waals surface area contributed by atoms with Crippen LogP contribution in [-0.2, 0) is 0 Å². The standard InChI is InChI=1S/C17H34N2/c1-14(2)18-12-17(3,4)13-19-11-7-9-15-8-5-6-10-16(15)19/h14-16,18H,5-13H2,1-4H3. The monoisotopic (exact) mass is 266 g/mol. The van der Waals surface area contributed by atoms with Gasteiger partial charge >= 0.3 is 0 Å². The first-order chi connectivity index (χ1) is 8.98. The summed E-state index contributed by atoms with van der Waals surface area (Å²) in [6.45, 7) is 13.1. The number of rotatable bonds is 5. The molecule has 1 aliphatic carbocycles. The van der Waals surface area contributed by atoms with Gasteiger partial charge in [-0.15, -0.1) is 0 Å². The molecule has 2 rings (SSSR count). The molecule has 2 heteroatoms. The molecule has 19 heavy (non-hydrogen) atoms. The van der Waals surface area contributed by atoms with Crippen LogP contribution in [-0.4, -0.2) is 36.6 Å². The lowest BCUT2D eigenvalue weighted by molar-refractivity contribution is 0.0317. The molecule has 1 N–H and O–H groups in total. The minimum Gasteiger partial charge on any atom is -0.314 e. The fraction of sp³-hybridized carbons (Fsp3) is 1.00. The molecule has 0 aromatic rings. The minimum absolute atomic E-state index is 0.392. The van der Waals surface area contributed by atoms with E-state index in [0.717, 1.165) is 18.5 Å². The fourth-order valence-corrected chi connectivity index (χ4v) is 4.01. The van der Waals surface area contributed by atoms with Gasteiger partial charge in [0.2, 0.25) is 0 Å². The second kappa shape index (κ2) is 6.58. The summed E-state index contributed by atoms with van der Waals surface area (Å²) in [5.74, 6) is 1.01. The maximum Gasteiger partial charge on any atom is 0.0124 e. The molecular weight excluding hydrogens is 232 g/mol. The first kappa shape index (κ1) is 15.3. The number of piperidine rings is 1. The Kier molecular flexibility index (Phi) is 5.30. The SMILES string of the molecule is CC(C)NCC(C)(C)CN1CCCC2CCCCC21. The third kappa shape index (κ3) is 4.46. The normalized spacial score (nSPS) is 29.5. The third-order valence-electron chi connectivity index (χ3n) is 4.98. The van der Waals surface area contributed by atoms with Crippen LogP contribution in [0.2, 0.25) is 0 Å². The number of hydrogen-bond acceptors (Lipinski definition) is 2. The highest BCUT2D eigenvalue weighted by Crippen LogP contribution is 2.36. The number of hydrogen-bond donors (Lipinski definition) is 1. The van der Waals surface area contributed by atoms with E-state index in [1.54, 1.807) is 0 Å². The topological polar surface area (TPSA) is 15.3 Å². The molecule has 0 aromatic heterocycles. The number of nitrogens with zero attached hydrogens (tertiary/aromatic N) is 1. The summed E-state index contributed by atoms with van der Waals surface area (Å²) in [4.78, 5) is 2.83. The molecule has 2 nitrogen and oxygen atoms in total. The first-order valence-electron chi connectivity index (χ1n) is 8.45. The van der Waals surface area contributed by atoms with Crippen molar-refractivity contribution in [3.8, 4) is 0 Å². The van der Waals surface area contributed by atoms with Gasteiger partial charge in [0.05, 0.1) is 0 Å². The summed E-state index contributed by atoms with van der Waals surface area (Å²) in [6, 6.07) is 1.50. The molecule has 1 aliphatic heterocycles. The lowest BCUT2D eigenvalue weighted by atomic mass is 9.77. The predicted molar refractivity (Wildman–Crippen MR) is 83.5 cm³/mol. The Hall–Kier alpha value is -0.0800. The molecule has 1 heterocycles. The van der Waals surface area contributed by atoms with Crippen molar-refractivity contribution in [2.24, 2.45) is 11.3 Å². The summed E-state index contributed by atoms with van der Waals surface area (Å²) in [6.07, 6.45) is 8.81. The molecular formula is C17H34N2. The molecule has 2 aliphatic rings. The highest BCUT2D eigenvalue weighted by atomic mass is 15.2. The Morgan fingerprint density at radius 1 is 1.11 bits per heavy atom. The molecule has 1 saturated heterocycles. The van der Waals surface area contributed by atoms with Crippen LogP contribution in [0, 0.1) is 11.3 Å². The Labute approximate surface area is 120 Å². The van der Waals surface area contributed by atoms with Gasteiger partial charge in [-0.3, -0.25) is 4.90 Å². The Balaban J connectivity index is 1.89. The van der Waals surface area contributed by atoms with E-state index in [1.807, 2.05) is 0 Å². The van der Waals surface area contributed by atoms with Crippen molar-refractivity contribution < 1.29 is 0 Å². The summed E-state index contributed by atoms with van der Waals surface area (Å²) in [7, 11) is 0. The summed E-state index contributed by atoms with van der Waals surface area (Å²) in [5.41, 5.74) is 0.392. The molecule has 0 bridgehead atoms. The third-order valence-corrected chi connectivity index (χ3v) is 4.98. The average molecular weight is 266 g/mol. The lowest BCUT2D eigenvalue weighted by Gasteiger charge is -2.47. The number of fused-ring (bicyclic) bond motifs is 1. The quantitative estimate of drug-likeness (QED) is 0.817. The van der Waals surface area contributed by atoms with Gasteiger partial charge in [-0.2, -0.15) is 0 Å². The molecule has 112 valence electrons. The summed E-state index contributed by atoms with van der Waals surface area (Å²) in [5, 5.41) is 3.62. The van der Waals surface area contributed by atoms with Crippen LogP contribution in [0.5, 0.6) is 0 Å². The van der Waals surface area contributed by atoms with E-state index in [2.05, 4.69) is 37.9 Å². The largest absolute Gasteiger partial charge is 0.314 e. The summed E-state index contributed by atoms with van der Waals surface area (Å²) < 4.78 is 0.